The molecule has 0 fully saturated rings. The first-order valence-corrected chi connectivity index (χ1v) is 8.78. The summed E-state index contributed by atoms with van der Waals surface area (Å²) in [7, 11) is -3.76. The van der Waals surface area contributed by atoms with Gasteiger partial charge in [0.1, 0.15) is 7.60 Å². The maximum Gasteiger partial charge on any atom is 0.139 e. The molecular weight excluding hydrogens is 259 g/mol. The Morgan fingerprint density at radius 3 is 2.53 bits per heavy atom. The minimum Gasteiger partial charge on any atom is -0.778 e. The molecule has 0 aliphatic heterocycles. The lowest BCUT2D eigenvalue weighted by Crippen LogP contribution is -2.13. The highest BCUT2D eigenvalue weighted by Gasteiger charge is 2.13. The predicted molar refractivity (Wildman–Crippen MR) is 77.0 cm³/mol. The van der Waals surface area contributed by atoms with Crippen LogP contribution < -0.4 is 4.89 Å². The minimum absolute atomic E-state index is 0.0158. The molecule has 2 unspecified atom stereocenters. The van der Waals surface area contributed by atoms with Crippen molar-refractivity contribution >= 4 is 7.60 Å². The van der Waals surface area contributed by atoms with Gasteiger partial charge in [0.15, 0.2) is 0 Å². The molecule has 2 atom stereocenters. The van der Waals surface area contributed by atoms with Crippen molar-refractivity contribution in [2.45, 2.75) is 45.7 Å². The predicted octanol–water partition coefficient (Wildman–Crippen LogP) is 3.97. The summed E-state index contributed by atoms with van der Waals surface area (Å²) in [5.74, 6) is 0.345. The topological polar surface area (TPSA) is 49.4 Å². The van der Waals surface area contributed by atoms with Gasteiger partial charge in [-0.2, -0.15) is 0 Å². The molecule has 0 heterocycles. The molecular formula is C15H24O3P-. The van der Waals surface area contributed by atoms with Crippen molar-refractivity contribution in [3.8, 4) is 0 Å². The Bertz CT molecular complexity index is 392. The van der Waals surface area contributed by atoms with E-state index in [9.17, 15) is 9.46 Å². The maximum absolute atomic E-state index is 11.9. The van der Waals surface area contributed by atoms with Crippen LogP contribution in [-0.2, 0) is 15.3 Å². The lowest BCUT2D eigenvalue weighted by Gasteiger charge is -2.26. The largest absolute Gasteiger partial charge is 0.778 e. The number of benzene rings is 1. The standard InChI is InChI=1S/C15H25O3P/c1-3-5-9-14(4-2)12-18-19(16,17)13-15-10-7-6-8-11-15/h6-8,10-11,14H,3-5,9,12-13H2,1-2H3,(H,16,17)/p-1. The molecule has 0 aliphatic rings. The molecule has 0 radical (unpaired) electrons. The van der Waals surface area contributed by atoms with Crippen LogP contribution in [0.4, 0.5) is 0 Å². The van der Waals surface area contributed by atoms with Gasteiger partial charge in [0.25, 0.3) is 0 Å². The van der Waals surface area contributed by atoms with Crippen LogP contribution >= 0.6 is 7.60 Å². The van der Waals surface area contributed by atoms with Crippen molar-refractivity contribution in [2.24, 2.45) is 5.92 Å². The fourth-order valence-corrected chi connectivity index (χ4v) is 3.16. The molecule has 0 saturated carbocycles. The molecule has 0 aromatic heterocycles. The molecule has 0 saturated heterocycles. The van der Waals surface area contributed by atoms with Gasteiger partial charge >= 0.3 is 0 Å². The van der Waals surface area contributed by atoms with Gasteiger partial charge < -0.3 is 14.0 Å². The van der Waals surface area contributed by atoms with E-state index in [0.29, 0.717) is 12.5 Å². The molecule has 4 heteroatoms. The Morgan fingerprint density at radius 2 is 1.95 bits per heavy atom. The monoisotopic (exact) mass is 283 g/mol. The maximum atomic E-state index is 11.9. The molecule has 0 spiro atoms. The Hall–Kier alpha value is -0.630. The van der Waals surface area contributed by atoms with Gasteiger partial charge in [0.2, 0.25) is 0 Å². The van der Waals surface area contributed by atoms with E-state index in [1.54, 1.807) is 0 Å². The highest BCUT2D eigenvalue weighted by molar-refractivity contribution is 7.50. The van der Waals surface area contributed by atoms with Crippen LogP contribution in [0.3, 0.4) is 0 Å². The van der Waals surface area contributed by atoms with E-state index in [2.05, 4.69) is 13.8 Å². The normalized spacial score (nSPS) is 15.9. The van der Waals surface area contributed by atoms with E-state index >= 15 is 0 Å². The third-order valence-corrected chi connectivity index (χ3v) is 4.56. The van der Waals surface area contributed by atoms with E-state index in [1.165, 1.54) is 0 Å². The molecule has 108 valence electrons. The first kappa shape index (κ1) is 16.4. The summed E-state index contributed by atoms with van der Waals surface area (Å²) < 4.78 is 17.1. The highest BCUT2D eigenvalue weighted by atomic mass is 31.2. The van der Waals surface area contributed by atoms with Crippen LogP contribution in [0.5, 0.6) is 0 Å². The summed E-state index contributed by atoms with van der Waals surface area (Å²) >= 11 is 0. The van der Waals surface area contributed by atoms with Gasteiger partial charge in [-0.25, -0.2) is 0 Å². The minimum atomic E-state index is -3.76. The molecule has 19 heavy (non-hydrogen) atoms. The third-order valence-electron chi connectivity index (χ3n) is 3.27. The van der Waals surface area contributed by atoms with E-state index in [-0.39, 0.29) is 6.16 Å². The van der Waals surface area contributed by atoms with Crippen LogP contribution in [0.2, 0.25) is 0 Å². The summed E-state index contributed by atoms with van der Waals surface area (Å²) in [5.41, 5.74) is 0.780. The van der Waals surface area contributed by atoms with Gasteiger partial charge in [-0.1, -0.05) is 63.4 Å². The highest BCUT2D eigenvalue weighted by Crippen LogP contribution is 2.41. The van der Waals surface area contributed by atoms with Crippen molar-refractivity contribution in [1.82, 2.24) is 0 Å². The van der Waals surface area contributed by atoms with E-state index in [1.807, 2.05) is 30.3 Å². The number of hydrogen-bond acceptors (Lipinski definition) is 3. The third kappa shape index (κ3) is 6.91. The van der Waals surface area contributed by atoms with E-state index in [4.69, 9.17) is 4.52 Å². The summed E-state index contributed by atoms with van der Waals surface area (Å²) in [6, 6.07) is 9.17. The van der Waals surface area contributed by atoms with Crippen LogP contribution in [-0.4, -0.2) is 6.61 Å². The molecule has 0 N–H and O–H groups in total. The van der Waals surface area contributed by atoms with Crippen molar-refractivity contribution < 1.29 is 14.0 Å². The second-order valence-corrected chi connectivity index (χ2v) is 6.76. The molecule has 1 aromatic rings. The second kappa shape index (κ2) is 8.52. The summed E-state index contributed by atoms with van der Waals surface area (Å²) in [4.78, 5) is 11.9. The summed E-state index contributed by atoms with van der Waals surface area (Å²) in [5, 5.41) is 0. The Balaban J connectivity index is 2.43. The smallest absolute Gasteiger partial charge is 0.139 e. The molecule has 1 aromatic carbocycles. The fraction of sp³-hybridized carbons (Fsp3) is 0.600. The zero-order chi connectivity index (χ0) is 14.1. The van der Waals surface area contributed by atoms with Gasteiger partial charge in [-0.3, -0.25) is 0 Å². The quantitative estimate of drug-likeness (QED) is 0.644. The van der Waals surface area contributed by atoms with Crippen molar-refractivity contribution in [2.75, 3.05) is 6.61 Å². The van der Waals surface area contributed by atoms with E-state index < -0.39 is 7.60 Å². The molecule has 1 rings (SSSR count). The lowest BCUT2D eigenvalue weighted by molar-refractivity contribution is -0.200. The zero-order valence-corrected chi connectivity index (χ0v) is 12.8. The van der Waals surface area contributed by atoms with Crippen LogP contribution in [0.15, 0.2) is 30.3 Å². The Labute approximate surface area is 116 Å². The molecule has 0 bridgehead atoms. The Morgan fingerprint density at radius 1 is 1.26 bits per heavy atom. The van der Waals surface area contributed by atoms with Crippen LogP contribution in [0.25, 0.3) is 0 Å². The average molecular weight is 283 g/mol. The SMILES string of the molecule is CCCCC(CC)COP(=O)([O-])Cc1ccccc1. The van der Waals surface area contributed by atoms with Crippen LogP contribution in [0.1, 0.15) is 45.1 Å². The van der Waals surface area contributed by atoms with Crippen LogP contribution in [0, 0.1) is 5.92 Å². The molecule has 0 aliphatic carbocycles. The summed E-state index contributed by atoms with van der Waals surface area (Å²) in [6.07, 6.45) is 4.25. The van der Waals surface area contributed by atoms with Gasteiger partial charge in [-0.15, -0.1) is 0 Å². The zero-order valence-electron chi connectivity index (χ0n) is 11.9. The number of unbranched alkanes of at least 4 members (excludes halogenated alkanes) is 1. The fourth-order valence-electron chi connectivity index (χ4n) is 1.97. The van der Waals surface area contributed by atoms with Crippen molar-refractivity contribution in [3.63, 3.8) is 0 Å². The van der Waals surface area contributed by atoms with Gasteiger partial charge in [0, 0.05) is 6.16 Å². The van der Waals surface area contributed by atoms with E-state index in [0.717, 1.165) is 31.2 Å². The average Bonchev–Trinajstić information content (AvgIpc) is 2.39. The lowest BCUT2D eigenvalue weighted by atomic mass is 10.0. The first-order valence-electron chi connectivity index (χ1n) is 7.06. The molecule has 0 amide bonds. The first-order chi connectivity index (χ1) is 9.07. The van der Waals surface area contributed by atoms with Gasteiger partial charge in [-0.05, 0) is 17.9 Å². The van der Waals surface area contributed by atoms with Crippen molar-refractivity contribution in [3.05, 3.63) is 35.9 Å². The number of hydrogen-bond donors (Lipinski definition) is 0. The molecule has 3 nitrogen and oxygen atoms in total. The second-order valence-electron chi connectivity index (χ2n) is 4.97. The Kier molecular flexibility index (Phi) is 7.37. The van der Waals surface area contributed by atoms with Crippen molar-refractivity contribution in [1.29, 1.82) is 0 Å². The van der Waals surface area contributed by atoms with Gasteiger partial charge in [0.05, 0.1) is 6.61 Å². The number of rotatable bonds is 9. The summed E-state index contributed by atoms with van der Waals surface area (Å²) in [6.45, 7) is 4.54.